The molecule has 1 N–H and O–H groups in total. The lowest BCUT2D eigenvalue weighted by atomic mass is 10.2. The highest BCUT2D eigenvalue weighted by Gasteiger charge is 2.26. The van der Waals surface area contributed by atoms with E-state index in [0.717, 1.165) is 0 Å². The van der Waals surface area contributed by atoms with Gasteiger partial charge in [0, 0.05) is 7.05 Å². The summed E-state index contributed by atoms with van der Waals surface area (Å²) in [5, 5.41) is 12.3. The van der Waals surface area contributed by atoms with E-state index in [9.17, 15) is 13.2 Å². The van der Waals surface area contributed by atoms with Crippen LogP contribution < -0.4 is 0 Å². The molecule has 0 atom stereocenters. The van der Waals surface area contributed by atoms with Crippen LogP contribution in [0.2, 0.25) is 10.0 Å². The average molecular weight is 350 g/mol. The summed E-state index contributed by atoms with van der Waals surface area (Å²) < 4.78 is 26.0. The molecule has 7 nitrogen and oxygen atoms in total. The van der Waals surface area contributed by atoms with E-state index in [0.29, 0.717) is 0 Å². The van der Waals surface area contributed by atoms with Crippen molar-refractivity contribution in [3.63, 3.8) is 0 Å². The number of aromatic carboxylic acids is 1. The smallest absolute Gasteiger partial charge is 0.338 e. The fraction of sp³-hybridized carbons (Fsp3) is 0.182. The molecule has 0 radical (unpaired) electrons. The summed E-state index contributed by atoms with van der Waals surface area (Å²) in [5.74, 6) is -1.65. The largest absolute Gasteiger partial charge is 0.478 e. The van der Waals surface area contributed by atoms with Crippen molar-refractivity contribution in [3.8, 4) is 0 Å². The molecule has 2 rings (SSSR count). The summed E-state index contributed by atoms with van der Waals surface area (Å²) in [6.07, 6.45) is 1.22. The molecule has 0 unspecified atom stereocenters. The van der Waals surface area contributed by atoms with Crippen molar-refractivity contribution in [2.75, 3.05) is 0 Å². The molecule has 0 aliphatic carbocycles. The molecule has 10 heteroatoms. The second kappa shape index (κ2) is 5.63. The Morgan fingerprint density at radius 3 is 2.57 bits per heavy atom. The first-order valence-electron chi connectivity index (χ1n) is 5.51. The number of carboxylic acid groups (broad SMARTS) is 1. The number of aryl methyl sites for hydroxylation is 1. The van der Waals surface area contributed by atoms with Crippen molar-refractivity contribution >= 4 is 39.0 Å². The number of aromatic nitrogens is 3. The number of hydrogen-bond acceptors (Lipinski definition) is 5. The number of nitrogens with zero attached hydrogens (tertiary/aromatic N) is 3. The molecular weight excluding hydrogens is 341 g/mol. The Balaban J connectivity index is 2.53. The third-order valence-corrected chi connectivity index (χ3v) is 5.20. The fourth-order valence-corrected chi connectivity index (χ4v) is 3.96. The Morgan fingerprint density at radius 2 is 2.05 bits per heavy atom. The fourth-order valence-electron chi connectivity index (χ4n) is 1.67. The minimum Gasteiger partial charge on any atom is -0.478 e. The molecule has 1 aromatic carbocycles. The van der Waals surface area contributed by atoms with Crippen molar-refractivity contribution in [1.82, 2.24) is 14.8 Å². The van der Waals surface area contributed by atoms with Crippen LogP contribution >= 0.6 is 23.2 Å². The van der Waals surface area contributed by atoms with Crippen LogP contribution in [-0.4, -0.2) is 34.3 Å². The number of benzene rings is 1. The van der Waals surface area contributed by atoms with Gasteiger partial charge in [0.2, 0.25) is 0 Å². The molecule has 112 valence electrons. The van der Waals surface area contributed by atoms with Crippen LogP contribution in [0.3, 0.4) is 0 Å². The third-order valence-electron chi connectivity index (χ3n) is 2.73. The molecule has 0 saturated heterocycles. The van der Waals surface area contributed by atoms with E-state index in [4.69, 9.17) is 28.3 Å². The highest BCUT2D eigenvalue weighted by atomic mass is 35.5. The van der Waals surface area contributed by atoms with Gasteiger partial charge in [-0.2, -0.15) is 5.10 Å². The van der Waals surface area contributed by atoms with Gasteiger partial charge in [0.15, 0.2) is 9.84 Å². The lowest BCUT2D eigenvalue weighted by Gasteiger charge is -2.09. The predicted octanol–water partition coefficient (Wildman–Crippen LogP) is 1.79. The van der Waals surface area contributed by atoms with Crippen molar-refractivity contribution < 1.29 is 18.3 Å². The summed E-state index contributed by atoms with van der Waals surface area (Å²) in [5.41, 5.74) is -0.447. The lowest BCUT2D eigenvalue weighted by molar-refractivity contribution is 0.0697. The van der Waals surface area contributed by atoms with Crippen molar-refractivity contribution in [1.29, 1.82) is 0 Å². The van der Waals surface area contributed by atoms with Gasteiger partial charge in [-0.05, 0) is 12.1 Å². The normalized spacial score (nSPS) is 11.6. The van der Waals surface area contributed by atoms with Crippen molar-refractivity contribution in [2.45, 2.75) is 10.6 Å². The Kier molecular flexibility index (Phi) is 4.22. The molecule has 0 spiro atoms. The summed E-state index contributed by atoms with van der Waals surface area (Å²) >= 11 is 11.6. The van der Waals surface area contributed by atoms with Gasteiger partial charge in [0.05, 0.1) is 20.5 Å². The molecule has 2 aromatic rings. The second-order valence-electron chi connectivity index (χ2n) is 4.10. The minimum absolute atomic E-state index is 0.134. The molecule has 0 saturated carbocycles. The van der Waals surface area contributed by atoms with Crippen LogP contribution in [0.5, 0.6) is 0 Å². The molecule has 1 aromatic heterocycles. The second-order valence-corrected chi connectivity index (χ2v) is 6.84. The maximum Gasteiger partial charge on any atom is 0.338 e. The average Bonchev–Trinajstić information content (AvgIpc) is 2.73. The number of sulfone groups is 1. The molecule has 0 bridgehead atoms. The standard InChI is InChI=1S/C11H9Cl2N3O4S/c1-16-8(14-5-15-16)4-21(19,20)7-3-2-6(12)9(10(7)13)11(17)18/h2-3,5H,4H2,1H3,(H,17,18). The highest BCUT2D eigenvalue weighted by molar-refractivity contribution is 7.90. The minimum atomic E-state index is -3.89. The van der Waals surface area contributed by atoms with E-state index in [1.165, 1.54) is 23.1 Å². The molecule has 0 fully saturated rings. The molecule has 0 amide bonds. The SMILES string of the molecule is Cn1ncnc1CS(=O)(=O)c1ccc(Cl)c(C(=O)O)c1Cl. The van der Waals surface area contributed by atoms with Crippen LogP contribution in [0.4, 0.5) is 0 Å². The number of hydrogen-bond donors (Lipinski definition) is 1. The Morgan fingerprint density at radius 1 is 1.38 bits per heavy atom. The topological polar surface area (TPSA) is 102 Å². The summed E-state index contributed by atoms with van der Waals surface area (Å²) in [6, 6.07) is 2.35. The number of carbonyl (C=O) groups is 1. The van der Waals surface area contributed by atoms with Crippen LogP contribution in [0.25, 0.3) is 0 Å². The summed E-state index contributed by atoms with van der Waals surface area (Å²) in [6.45, 7) is 0. The van der Waals surface area contributed by atoms with Gasteiger partial charge in [-0.1, -0.05) is 23.2 Å². The van der Waals surface area contributed by atoms with Crippen molar-refractivity contribution in [3.05, 3.63) is 39.9 Å². The van der Waals surface area contributed by atoms with E-state index in [-0.39, 0.29) is 15.7 Å². The van der Waals surface area contributed by atoms with Gasteiger partial charge < -0.3 is 5.11 Å². The van der Waals surface area contributed by atoms with E-state index >= 15 is 0 Å². The number of carboxylic acids is 1. The van der Waals surface area contributed by atoms with Gasteiger partial charge in [0.25, 0.3) is 0 Å². The lowest BCUT2D eigenvalue weighted by Crippen LogP contribution is -2.12. The molecule has 0 aliphatic rings. The zero-order valence-corrected chi connectivity index (χ0v) is 12.9. The van der Waals surface area contributed by atoms with Crippen LogP contribution in [0.1, 0.15) is 16.2 Å². The third kappa shape index (κ3) is 3.02. The monoisotopic (exact) mass is 349 g/mol. The van der Waals surface area contributed by atoms with Crippen LogP contribution in [-0.2, 0) is 22.6 Å². The first-order valence-corrected chi connectivity index (χ1v) is 7.92. The number of rotatable bonds is 4. The maximum absolute atomic E-state index is 12.4. The van der Waals surface area contributed by atoms with Gasteiger partial charge in [-0.25, -0.2) is 18.2 Å². The first kappa shape index (κ1) is 15.7. The molecule has 0 aliphatic heterocycles. The van der Waals surface area contributed by atoms with Crippen molar-refractivity contribution in [2.24, 2.45) is 7.05 Å². The Labute approximate surface area is 130 Å². The zero-order valence-electron chi connectivity index (χ0n) is 10.6. The molecule has 21 heavy (non-hydrogen) atoms. The van der Waals surface area contributed by atoms with Gasteiger partial charge in [-0.3, -0.25) is 4.68 Å². The van der Waals surface area contributed by atoms with Crippen LogP contribution in [0.15, 0.2) is 23.4 Å². The van der Waals surface area contributed by atoms with E-state index in [2.05, 4.69) is 10.1 Å². The molecular formula is C11H9Cl2N3O4S. The molecule has 1 heterocycles. The first-order chi connectivity index (χ1) is 9.74. The van der Waals surface area contributed by atoms with E-state index in [1.807, 2.05) is 0 Å². The van der Waals surface area contributed by atoms with Gasteiger partial charge >= 0.3 is 5.97 Å². The van der Waals surface area contributed by atoms with Gasteiger partial charge in [0.1, 0.15) is 17.9 Å². The summed E-state index contributed by atoms with van der Waals surface area (Å²) in [7, 11) is -2.34. The Hall–Kier alpha value is -1.64. The maximum atomic E-state index is 12.4. The van der Waals surface area contributed by atoms with Crippen LogP contribution in [0, 0.1) is 0 Å². The van der Waals surface area contributed by atoms with E-state index < -0.39 is 32.1 Å². The van der Waals surface area contributed by atoms with Gasteiger partial charge in [-0.15, -0.1) is 0 Å². The quantitative estimate of drug-likeness (QED) is 0.902. The highest BCUT2D eigenvalue weighted by Crippen LogP contribution is 2.32. The zero-order chi connectivity index (χ0) is 15.8. The number of halogens is 2. The predicted molar refractivity (Wildman–Crippen MR) is 75.3 cm³/mol. The summed E-state index contributed by atoms with van der Waals surface area (Å²) in [4.78, 5) is 14.6. The van der Waals surface area contributed by atoms with E-state index in [1.54, 1.807) is 7.05 Å². The Bertz CT molecular complexity index is 817.